The molecule has 22 heavy (non-hydrogen) atoms. The lowest BCUT2D eigenvalue weighted by Gasteiger charge is -2.34. The van der Waals surface area contributed by atoms with Crippen molar-refractivity contribution in [3.63, 3.8) is 0 Å². The van der Waals surface area contributed by atoms with Crippen molar-refractivity contribution in [1.82, 2.24) is 4.90 Å². The summed E-state index contributed by atoms with van der Waals surface area (Å²) < 4.78 is 5.35. The summed E-state index contributed by atoms with van der Waals surface area (Å²) in [4.78, 5) is 25.0. The smallest absolute Gasteiger partial charge is 0.321 e. The first kappa shape index (κ1) is 16.1. The number of nitrogens with zero attached hydrogens (tertiary/aromatic N) is 1. The van der Waals surface area contributed by atoms with Gasteiger partial charge >= 0.3 is 12.0 Å². The second-order valence-corrected chi connectivity index (χ2v) is 5.67. The van der Waals surface area contributed by atoms with Crippen molar-refractivity contribution in [2.24, 2.45) is 11.8 Å². The molecule has 1 heterocycles. The standard InChI is InChI=1S/C16H22N2O4/c1-3-22-14-6-4-13(5-7-14)17-16(21)18-9-11(2)8-12(10-18)15(19)20/h4-7,11-12H,3,8-10H2,1-2H3,(H,17,21)(H,19,20). The summed E-state index contributed by atoms with van der Waals surface area (Å²) >= 11 is 0. The molecule has 2 N–H and O–H groups in total. The molecule has 2 rings (SSSR count). The van der Waals surface area contributed by atoms with Crippen molar-refractivity contribution in [2.45, 2.75) is 20.3 Å². The third kappa shape index (κ3) is 4.13. The van der Waals surface area contributed by atoms with E-state index in [4.69, 9.17) is 9.84 Å². The van der Waals surface area contributed by atoms with Gasteiger partial charge in [0.2, 0.25) is 0 Å². The van der Waals surface area contributed by atoms with Gasteiger partial charge in [0.05, 0.1) is 12.5 Å². The van der Waals surface area contributed by atoms with E-state index in [0.717, 1.165) is 5.75 Å². The molecule has 6 nitrogen and oxygen atoms in total. The van der Waals surface area contributed by atoms with Crippen LogP contribution in [-0.4, -0.2) is 41.7 Å². The predicted molar refractivity (Wildman–Crippen MR) is 83.1 cm³/mol. The minimum Gasteiger partial charge on any atom is -0.494 e. The van der Waals surface area contributed by atoms with E-state index in [1.165, 1.54) is 0 Å². The number of aliphatic carboxylic acids is 1. The van der Waals surface area contributed by atoms with E-state index in [9.17, 15) is 9.59 Å². The van der Waals surface area contributed by atoms with E-state index < -0.39 is 11.9 Å². The monoisotopic (exact) mass is 306 g/mol. The quantitative estimate of drug-likeness (QED) is 0.896. The number of amides is 2. The first-order chi connectivity index (χ1) is 10.5. The van der Waals surface area contributed by atoms with Crippen LogP contribution in [-0.2, 0) is 4.79 Å². The molecule has 1 saturated heterocycles. The number of rotatable bonds is 4. The van der Waals surface area contributed by atoms with Crippen LogP contribution < -0.4 is 10.1 Å². The fourth-order valence-electron chi connectivity index (χ4n) is 2.70. The van der Waals surface area contributed by atoms with E-state index in [1.807, 2.05) is 13.8 Å². The van der Waals surface area contributed by atoms with Crippen LogP contribution in [0.4, 0.5) is 10.5 Å². The third-order valence-corrected chi connectivity index (χ3v) is 3.71. The van der Waals surface area contributed by atoms with Crippen LogP contribution in [0.2, 0.25) is 0 Å². The Morgan fingerprint density at radius 3 is 2.59 bits per heavy atom. The van der Waals surface area contributed by atoms with Crippen LogP contribution in [0.25, 0.3) is 0 Å². The highest BCUT2D eigenvalue weighted by Gasteiger charge is 2.31. The van der Waals surface area contributed by atoms with Gasteiger partial charge in [-0.2, -0.15) is 0 Å². The molecule has 1 aliphatic rings. The summed E-state index contributed by atoms with van der Waals surface area (Å²) in [5.74, 6) is -0.404. The summed E-state index contributed by atoms with van der Waals surface area (Å²) in [7, 11) is 0. The van der Waals surface area contributed by atoms with Crippen molar-refractivity contribution in [2.75, 3.05) is 25.0 Å². The molecule has 0 aliphatic carbocycles. The zero-order valence-corrected chi connectivity index (χ0v) is 12.9. The minimum atomic E-state index is -0.842. The maximum Gasteiger partial charge on any atom is 0.321 e. The van der Waals surface area contributed by atoms with Crippen molar-refractivity contribution in [1.29, 1.82) is 0 Å². The molecule has 2 unspecified atom stereocenters. The van der Waals surface area contributed by atoms with Crippen LogP contribution in [0.5, 0.6) is 5.75 Å². The highest BCUT2D eigenvalue weighted by molar-refractivity contribution is 5.89. The lowest BCUT2D eigenvalue weighted by atomic mass is 9.91. The maximum atomic E-state index is 12.3. The number of anilines is 1. The first-order valence-electron chi connectivity index (χ1n) is 7.51. The third-order valence-electron chi connectivity index (χ3n) is 3.71. The SMILES string of the molecule is CCOc1ccc(NC(=O)N2CC(C)CC(C(=O)O)C2)cc1. The molecule has 1 aliphatic heterocycles. The molecule has 0 radical (unpaired) electrons. The Hall–Kier alpha value is -2.24. The number of likely N-dealkylation sites (tertiary alicyclic amines) is 1. The lowest BCUT2D eigenvalue weighted by molar-refractivity contribution is -0.143. The summed E-state index contributed by atoms with van der Waals surface area (Å²) in [6, 6.07) is 6.85. The number of carbonyl (C=O) groups is 2. The van der Waals surface area contributed by atoms with Gasteiger partial charge in [-0.15, -0.1) is 0 Å². The number of carboxylic acid groups (broad SMARTS) is 1. The molecular formula is C16H22N2O4. The maximum absolute atomic E-state index is 12.3. The summed E-state index contributed by atoms with van der Waals surface area (Å²) in [6.45, 7) is 5.29. The van der Waals surface area contributed by atoms with Crippen LogP contribution in [0.15, 0.2) is 24.3 Å². The number of hydrogen-bond acceptors (Lipinski definition) is 3. The normalized spacial score (nSPS) is 21.3. The number of benzene rings is 1. The van der Waals surface area contributed by atoms with E-state index in [-0.39, 0.29) is 18.5 Å². The average Bonchev–Trinajstić information content (AvgIpc) is 2.49. The molecule has 2 amide bonds. The molecule has 0 aromatic heterocycles. The molecule has 0 saturated carbocycles. The highest BCUT2D eigenvalue weighted by atomic mass is 16.5. The number of hydrogen-bond donors (Lipinski definition) is 2. The Bertz CT molecular complexity index is 529. The fourth-order valence-corrected chi connectivity index (χ4v) is 2.70. The van der Waals surface area contributed by atoms with Gasteiger partial charge in [-0.05, 0) is 43.5 Å². The Morgan fingerprint density at radius 2 is 2.00 bits per heavy atom. The molecular weight excluding hydrogens is 284 g/mol. The van der Waals surface area contributed by atoms with Gasteiger partial charge < -0.3 is 20.1 Å². The largest absolute Gasteiger partial charge is 0.494 e. The van der Waals surface area contributed by atoms with Crippen molar-refractivity contribution in [3.8, 4) is 5.75 Å². The molecule has 1 aromatic rings. The van der Waals surface area contributed by atoms with Crippen molar-refractivity contribution in [3.05, 3.63) is 24.3 Å². The van der Waals surface area contributed by atoms with E-state index in [2.05, 4.69) is 5.32 Å². The second kappa shape index (κ2) is 7.15. The van der Waals surface area contributed by atoms with Crippen LogP contribution in [0, 0.1) is 11.8 Å². The number of carbonyl (C=O) groups excluding carboxylic acids is 1. The average molecular weight is 306 g/mol. The first-order valence-corrected chi connectivity index (χ1v) is 7.51. The number of piperidine rings is 1. The predicted octanol–water partition coefficient (Wildman–Crippen LogP) is 2.66. The van der Waals surface area contributed by atoms with E-state index in [0.29, 0.717) is 25.3 Å². The lowest BCUT2D eigenvalue weighted by Crippen LogP contribution is -2.47. The van der Waals surface area contributed by atoms with Gasteiger partial charge in [0.1, 0.15) is 5.75 Å². The van der Waals surface area contributed by atoms with Crippen LogP contribution in [0.1, 0.15) is 20.3 Å². The number of urea groups is 1. The molecule has 1 aromatic carbocycles. The number of carboxylic acids is 1. The summed E-state index contributed by atoms with van der Waals surface area (Å²) in [5.41, 5.74) is 0.665. The molecule has 120 valence electrons. The highest BCUT2D eigenvalue weighted by Crippen LogP contribution is 2.23. The van der Waals surface area contributed by atoms with Gasteiger partial charge in [-0.1, -0.05) is 6.92 Å². The van der Waals surface area contributed by atoms with Gasteiger partial charge in [0.15, 0.2) is 0 Å². The number of ether oxygens (including phenoxy) is 1. The van der Waals surface area contributed by atoms with E-state index in [1.54, 1.807) is 29.2 Å². The molecule has 0 bridgehead atoms. The Kier molecular flexibility index (Phi) is 5.25. The summed E-state index contributed by atoms with van der Waals surface area (Å²) in [5, 5.41) is 12.0. The van der Waals surface area contributed by atoms with E-state index >= 15 is 0 Å². The van der Waals surface area contributed by atoms with Crippen LogP contribution in [0.3, 0.4) is 0 Å². The minimum absolute atomic E-state index is 0.181. The van der Waals surface area contributed by atoms with Crippen molar-refractivity contribution < 1.29 is 19.4 Å². The Morgan fingerprint density at radius 1 is 1.32 bits per heavy atom. The fraction of sp³-hybridized carbons (Fsp3) is 0.500. The summed E-state index contributed by atoms with van der Waals surface area (Å²) in [6.07, 6.45) is 0.613. The topological polar surface area (TPSA) is 78.9 Å². The number of nitrogens with one attached hydrogen (secondary N) is 1. The molecule has 2 atom stereocenters. The second-order valence-electron chi connectivity index (χ2n) is 5.67. The zero-order chi connectivity index (χ0) is 16.1. The molecule has 6 heteroatoms. The van der Waals surface area contributed by atoms with Gasteiger partial charge in [0.25, 0.3) is 0 Å². The molecule has 0 spiro atoms. The van der Waals surface area contributed by atoms with Gasteiger partial charge in [0, 0.05) is 18.8 Å². The van der Waals surface area contributed by atoms with Crippen molar-refractivity contribution >= 4 is 17.7 Å². The Labute approximate surface area is 130 Å². The van der Waals surface area contributed by atoms with Crippen LogP contribution >= 0.6 is 0 Å². The van der Waals surface area contributed by atoms with Gasteiger partial charge in [-0.3, -0.25) is 4.79 Å². The Balaban J connectivity index is 1.97. The zero-order valence-electron chi connectivity index (χ0n) is 12.9. The van der Waals surface area contributed by atoms with Gasteiger partial charge in [-0.25, -0.2) is 4.79 Å². The molecule has 1 fully saturated rings.